The quantitative estimate of drug-likeness (QED) is 0.190. The van der Waals surface area contributed by atoms with E-state index in [1.807, 2.05) is 50.2 Å². The number of halogens is 2. The van der Waals surface area contributed by atoms with Crippen LogP contribution < -0.4 is 0 Å². The smallest absolute Gasteiger partial charge is 0.0886 e. The van der Waals surface area contributed by atoms with Gasteiger partial charge in [-0.2, -0.15) is 0 Å². The Hall–Kier alpha value is -1.00. The van der Waals surface area contributed by atoms with E-state index in [1.54, 1.807) is 12.4 Å². The second-order valence-corrected chi connectivity index (χ2v) is 42.2. The van der Waals surface area contributed by atoms with Crippen LogP contribution in [0.15, 0.2) is 48.8 Å². The van der Waals surface area contributed by atoms with E-state index in [2.05, 4.69) is 49.2 Å². The van der Waals surface area contributed by atoms with Gasteiger partial charge in [-0.25, -0.2) is 0 Å². The molecule has 2 unspecified atom stereocenters. The minimum atomic E-state index is -3.11. The van der Waals surface area contributed by atoms with Crippen molar-refractivity contribution in [3.8, 4) is 11.4 Å². The summed E-state index contributed by atoms with van der Waals surface area (Å²) in [6.07, 6.45) is 7.07. The van der Waals surface area contributed by atoms with Gasteiger partial charge in [-0.15, -0.1) is 0 Å². The molecule has 2 aromatic heterocycles. The molecule has 2 rings (SSSR count). The van der Waals surface area contributed by atoms with Crippen molar-refractivity contribution in [2.75, 3.05) is 0 Å². The van der Waals surface area contributed by atoms with Gasteiger partial charge in [0.15, 0.2) is 0 Å². The number of rotatable bonds is 11. The molecule has 33 heavy (non-hydrogen) atoms. The third-order valence-corrected chi connectivity index (χ3v) is 16.6. The molecule has 2 heterocycles. The number of hydrogen-bond acceptors (Lipinski definition) is 6. The Morgan fingerprint density at radius 2 is 1.21 bits per heavy atom. The Bertz CT molecular complexity index is 758. The molecule has 0 spiro atoms. The molecule has 0 bridgehead atoms. The van der Waals surface area contributed by atoms with E-state index in [4.69, 9.17) is 9.47 Å². The van der Waals surface area contributed by atoms with Crippen molar-refractivity contribution in [2.24, 2.45) is 0 Å². The zero-order valence-electron chi connectivity index (χ0n) is 19.8. The molecule has 9 heteroatoms. The largest absolute Gasteiger partial charge is 0.255 e. The Balaban J connectivity index is 0.000000377. The number of pyridine rings is 2. The first-order chi connectivity index (χ1) is 15.7. The Labute approximate surface area is 213 Å². The van der Waals surface area contributed by atoms with Gasteiger partial charge in [0.2, 0.25) is 0 Å². The number of carbonyl (C=O) groups excluding carboxylic acids is 2. The minimum Gasteiger partial charge on any atom is -0.255 e. The van der Waals surface area contributed by atoms with Gasteiger partial charge in [-0.3, -0.25) is 9.97 Å². The second kappa shape index (κ2) is 16.6. The molecule has 0 fully saturated rings. The molecule has 0 amide bonds. The van der Waals surface area contributed by atoms with Gasteiger partial charge >= 0.3 is 145 Å². The van der Waals surface area contributed by atoms with Crippen molar-refractivity contribution < 1.29 is 19.1 Å². The molecule has 2 aromatic rings. The van der Waals surface area contributed by atoms with Crippen LogP contribution in [0.1, 0.15) is 53.4 Å². The van der Waals surface area contributed by atoms with Gasteiger partial charge in [0, 0.05) is 12.4 Å². The summed E-state index contributed by atoms with van der Waals surface area (Å²) < 4.78 is 11.2. The summed E-state index contributed by atoms with van der Waals surface area (Å²) in [5.41, 5.74) is 1.83. The topological polar surface area (TPSA) is 78.4 Å². The molecule has 0 aliphatic rings. The van der Waals surface area contributed by atoms with E-state index in [9.17, 15) is 9.59 Å². The second-order valence-electron chi connectivity index (χ2n) is 7.82. The third-order valence-electron chi connectivity index (χ3n) is 4.45. The summed E-state index contributed by atoms with van der Waals surface area (Å²) in [4.78, 5) is 32.1. The van der Waals surface area contributed by atoms with Gasteiger partial charge in [-0.1, -0.05) is 12.1 Å². The Morgan fingerprint density at radius 3 is 1.52 bits per heavy atom. The van der Waals surface area contributed by atoms with Crippen LogP contribution in [-0.4, -0.2) is 48.0 Å². The van der Waals surface area contributed by atoms with Crippen LogP contribution in [-0.2, 0) is 19.1 Å². The monoisotopic (exact) mass is 692 g/mol. The number of nitrogens with zero attached hydrogens (tertiary/aromatic N) is 2. The van der Waals surface area contributed by atoms with E-state index in [0.29, 0.717) is 0 Å². The average molecular weight is 693 g/mol. The predicted octanol–water partition coefficient (Wildman–Crippen LogP) is 6.83. The fourth-order valence-corrected chi connectivity index (χ4v) is 12.4. The van der Waals surface area contributed by atoms with Crippen molar-refractivity contribution in [3.63, 3.8) is 0 Å². The molecule has 0 aliphatic carbocycles. The Morgan fingerprint density at radius 1 is 0.818 bits per heavy atom. The average Bonchev–Trinajstić information content (AvgIpc) is 2.74. The van der Waals surface area contributed by atoms with Crippen LogP contribution in [0.5, 0.6) is 0 Å². The van der Waals surface area contributed by atoms with Gasteiger partial charge in [-0.05, 0) is 24.3 Å². The van der Waals surface area contributed by atoms with Crippen molar-refractivity contribution >= 4 is 51.3 Å². The van der Waals surface area contributed by atoms with Crippen LogP contribution in [0.3, 0.4) is 0 Å². The fourth-order valence-electron chi connectivity index (χ4n) is 2.98. The first kappa shape index (κ1) is 30.0. The number of carbonyl (C=O) groups is 2. The van der Waals surface area contributed by atoms with Gasteiger partial charge in [0.05, 0.1) is 11.4 Å². The van der Waals surface area contributed by atoms with Crippen molar-refractivity contribution in [3.05, 3.63) is 48.8 Å². The van der Waals surface area contributed by atoms with Crippen molar-refractivity contribution in [1.29, 1.82) is 0 Å². The maximum atomic E-state index is 11.9. The van der Waals surface area contributed by atoms with Crippen LogP contribution in [0, 0.1) is 0 Å². The van der Waals surface area contributed by atoms with Gasteiger partial charge in [0.1, 0.15) is 0 Å². The predicted molar refractivity (Wildman–Crippen MR) is 142 cm³/mol. The molecule has 0 saturated heterocycles. The van der Waals surface area contributed by atoms with Crippen molar-refractivity contribution in [2.45, 2.75) is 74.5 Å². The number of ether oxygens (including phenoxy) is 2. The van der Waals surface area contributed by atoms with E-state index in [-0.39, 0.29) is 33.0 Å². The number of aromatic nitrogens is 2. The molecular formula is C24H34Br2N2O4Sn. The normalized spacial score (nSPS) is 12.7. The number of hydrogen-bond donors (Lipinski definition) is 0. The van der Waals surface area contributed by atoms with Gasteiger partial charge in [0.25, 0.3) is 0 Å². The first-order valence-electron chi connectivity index (χ1n) is 11.3. The molecule has 0 radical (unpaired) electrons. The summed E-state index contributed by atoms with van der Waals surface area (Å²) >= 11 is 4.02. The molecule has 6 nitrogen and oxygen atoms in total. The minimum absolute atomic E-state index is 0.0684. The van der Waals surface area contributed by atoms with E-state index in [0.717, 1.165) is 37.1 Å². The van der Waals surface area contributed by atoms with Crippen molar-refractivity contribution in [1.82, 2.24) is 9.97 Å². The summed E-state index contributed by atoms with van der Waals surface area (Å²) in [5.74, 6) is -0.482. The SMILES string of the molecule is CCCC(C)OC(=O)[CH2][Sn]([Br])([Br])[CH2]C(=O)OC(C)CCC.c1ccc(-c2ccccn2)nc1. The first-order valence-corrected chi connectivity index (χ1v) is 28.1. The molecule has 0 aliphatic heterocycles. The fraction of sp³-hybridized carbons (Fsp3) is 0.500. The summed E-state index contributed by atoms with van der Waals surface area (Å²) in [5, 5.41) is 0. The molecule has 0 N–H and O–H groups in total. The van der Waals surface area contributed by atoms with Gasteiger partial charge < -0.3 is 0 Å². The zero-order chi connectivity index (χ0) is 24.7. The maximum absolute atomic E-state index is 11.9. The Kier molecular flexibility index (Phi) is 15.1. The van der Waals surface area contributed by atoms with Crippen LogP contribution in [0.4, 0.5) is 0 Å². The standard InChI is InChI=1S/C10H8N2.2C7H13O2.2BrH.Sn/c1-3-7-11-9(5-1)10-6-2-4-8-12-10;2*1-4-5-6(2)9-7(3)8;;;/h1-8H;2*6H,3-5H2,1-2H3;2*1H;/q;;;;;+2/p-2. The molecule has 0 aromatic carbocycles. The molecular weight excluding hydrogens is 659 g/mol. The van der Waals surface area contributed by atoms with Crippen LogP contribution in [0.25, 0.3) is 11.4 Å². The third kappa shape index (κ3) is 14.1. The van der Waals surface area contributed by atoms with E-state index >= 15 is 0 Å². The maximum Gasteiger partial charge on any atom is 0.0886 e. The number of esters is 2. The molecule has 182 valence electrons. The summed E-state index contributed by atoms with van der Waals surface area (Å²) in [7, 11) is 0. The van der Waals surface area contributed by atoms with E-state index in [1.165, 1.54) is 0 Å². The molecule has 2 atom stereocenters. The zero-order valence-corrected chi connectivity index (χ0v) is 25.8. The summed E-state index contributed by atoms with van der Waals surface area (Å²) in [6, 6.07) is 11.6. The van der Waals surface area contributed by atoms with E-state index < -0.39 is 13.9 Å². The van der Waals surface area contributed by atoms with Crippen LogP contribution in [0.2, 0.25) is 8.87 Å². The van der Waals surface area contributed by atoms with Crippen LogP contribution >= 0.6 is 25.4 Å². The summed E-state index contributed by atoms with van der Waals surface area (Å²) in [6.45, 7) is 7.89. The molecule has 0 saturated carbocycles.